The Morgan fingerprint density at radius 2 is 2.19 bits per heavy atom. The van der Waals surface area contributed by atoms with Crippen LogP contribution < -0.4 is 5.32 Å². The van der Waals surface area contributed by atoms with E-state index in [9.17, 15) is 4.79 Å². The Kier molecular flexibility index (Phi) is 3.54. The van der Waals surface area contributed by atoms with E-state index in [1.807, 2.05) is 30.3 Å². The van der Waals surface area contributed by atoms with Crippen LogP contribution in [0.5, 0.6) is 0 Å². The molecule has 1 aromatic carbocycles. The first-order valence-electron chi connectivity index (χ1n) is 5.50. The molecule has 0 spiro atoms. The summed E-state index contributed by atoms with van der Waals surface area (Å²) < 4.78 is 0. The maximum absolute atomic E-state index is 12.1. The molecule has 1 unspecified atom stereocenters. The fraction of sp³-hybridized carbons (Fsp3) is 0.417. The first-order valence-corrected chi connectivity index (χ1v) is 5.50. The second kappa shape index (κ2) is 5.09. The first-order chi connectivity index (χ1) is 7.81. The van der Waals surface area contributed by atoms with E-state index >= 15 is 0 Å². The highest BCUT2D eigenvalue weighted by Crippen LogP contribution is 2.07. The summed E-state index contributed by atoms with van der Waals surface area (Å²) in [6.07, 6.45) is 0. The van der Waals surface area contributed by atoms with Crippen LogP contribution in [0.15, 0.2) is 30.3 Å². The van der Waals surface area contributed by atoms with E-state index in [0.29, 0.717) is 18.7 Å². The molecule has 1 aromatic rings. The molecular weight excluding hydrogens is 204 g/mol. The maximum Gasteiger partial charge on any atom is 0.253 e. The van der Waals surface area contributed by atoms with Gasteiger partial charge in [0, 0.05) is 31.2 Å². The van der Waals surface area contributed by atoms with E-state index in [-0.39, 0.29) is 18.6 Å². The Hall–Kier alpha value is -1.39. The second-order valence-electron chi connectivity index (χ2n) is 3.95. The van der Waals surface area contributed by atoms with Crippen LogP contribution in [-0.2, 0) is 0 Å². The van der Waals surface area contributed by atoms with Crippen molar-refractivity contribution in [3.05, 3.63) is 35.9 Å². The highest BCUT2D eigenvalue weighted by molar-refractivity contribution is 5.94. The van der Waals surface area contributed by atoms with Crippen molar-refractivity contribution < 1.29 is 9.90 Å². The third kappa shape index (κ3) is 2.40. The van der Waals surface area contributed by atoms with E-state index in [0.717, 1.165) is 6.54 Å². The van der Waals surface area contributed by atoms with Crippen molar-refractivity contribution in [1.29, 1.82) is 0 Å². The van der Waals surface area contributed by atoms with Crippen LogP contribution in [0.1, 0.15) is 10.4 Å². The number of rotatable bonds is 2. The highest BCUT2D eigenvalue weighted by Gasteiger charge is 2.23. The van der Waals surface area contributed by atoms with Gasteiger partial charge in [0.05, 0.1) is 6.61 Å². The van der Waals surface area contributed by atoms with Crippen LogP contribution in [0, 0.1) is 0 Å². The van der Waals surface area contributed by atoms with E-state index in [1.54, 1.807) is 4.90 Å². The molecule has 16 heavy (non-hydrogen) atoms. The minimum absolute atomic E-state index is 0.00131. The summed E-state index contributed by atoms with van der Waals surface area (Å²) in [6.45, 7) is 2.08. The molecule has 1 amide bonds. The number of nitrogens with zero attached hydrogens (tertiary/aromatic N) is 1. The lowest BCUT2D eigenvalue weighted by Crippen LogP contribution is -2.54. The standard InChI is InChI=1S/C12H16N2O2/c15-9-11-8-14(7-6-13-11)12(16)10-4-2-1-3-5-10/h1-5,11,13,15H,6-9H2. The predicted octanol–water partition coefficient (Wildman–Crippen LogP) is 0.0929. The second-order valence-corrected chi connectivity index (χ2v) is 3.95. The molecular formula is C12H16N2O2. The Morgan fingerprint density at radius 1 is 1.44 bits per heavy atom. The molecule has 0 radical (unpaired) electrons. The average Bonchev–Trinajstić information content (AvgIpc) is 2.39. The van der Waals surface area contributed by atoms with Crippen molar-refractivity contribution in [2.75, 3.05) is 26.2 Å². The normalized spacial score (nSPS) is 20.8. The summed E-state index contributed by atoms with van der Waals surface area (Å²) in [4.78, 5) is 13.9. The monoisotopic (exact) mass is 220 g/mol. The van der Waals surface area contributed by atoms with Crippen LogP contribution in [0.25, 0.3) is 0 Å². The summed E-state index contributed by atoms with van der Waals surface area (Å²) >= 11 is 0. The van der Waals surface area contributed by atoms with Crippen LogP contribution in [0.3, 0.4) is 0 Å². The average molecular weight is 220 g/mol. The van der Waals surface area contributed by atoms with Crippen LogP contribution >= 0.6 is 0 Å². The van der Waals surface area contributed by atoms with Gasteiger partial charge in [-0.05, 0) is 12.1 Å². The zero-order valence-corrected chi connectivity index (χ0v) is 9.10. The Labute approximate surface area is 94.9 Å². The number of nitrogens with one attached hydrogen (secondary N) is 1. The van der Waals surface area contributed by atoms with E-state index in [2.05, 4.69) is 5.32 Å². The molecule has 4 nitrogen and oxygen atoms in total. The van der Waals surface area contributed by atoms with Crippen LogP contribution in [0.4, 0.5) is 0 Å². The molecule has 1 fully saturated rings. The van der Waals surface area contributed by atoms with Crippen molar-refractivity contribution in [3.8, 4) is 0 Å². The number of piperazine rings is 1. The maximum atomic E-state index is 12.1. The Bertz CT molecular complexity index is 353. The Morgan fingerprint density at radius 3 is 2.88 bits per heavy atom. The molecule has 2 rings (SSSR count). The number of aliphatic hydroxyl groups excluding tert-OH is 1. The Balaban J connectivity index is 2.05. The summed E-state index contributed by atoms with van der Waals surface area (Å²) in [5.41, 5.74) is 0.709. The number of carbonyl (C=O) groups excluding carboxylic acids is 1. The number of benzene rings is 1. The molecule has 0 aromatic heterocycles. The fourth-order valence-corrected chi connectivity index (χ4v) is 1.90. The molecule has 1 aliphatic rings. The summed E-state index contributed by atoms with van der Waals surface area (Å²) in [5, 5.41) is 12.2. The minimum Gasteiger partial charge on any atom is -0.395 e. The van der Waals surface area contributed by atoms with Crippen molar-refractivity contribution in [2.45, 2.75) is 6.04 Å². The lowest BCUT2D eigenvalue weighted by molar-refractivity contribution is 0.0671. The summed E-state index contributed by atoms with van der Waals surface area (Å²) in [6, 6.07) is 9.25. The van der Waals surface area contributed by atoms with Crippen LogP contribution in [-0.4, -0.2) is 48.2 Å². The molecule has 1 saturated heterocycles. The molecule has 0 aliphatic carbocycles. The van der Waals surface area contributed by atoms with Gasteiger partial charge in [-0.15, -0.1) is 0 Å². The van der Waals surface area contributed by atoms with E-state index in [4.69, 9.17) is 5.11 Å². The molecule has 1 heterocycles. The number of hydrogen-bond donors (Lipinski definition) is 2. The summed E-state index contributed by atoms with van der Waals surface area (Å²) in [5.74, 6) is 0.0422. The van der Waals surface area contributed by atoms with Crippen molar-refractivity contribution in [3.63, 3.8) is 0 Å². The molecule has 86 valence electrons. The van der Waals surface area contributed by atoms with Gasteiger partial charge in [-0.3, -0.25) is 4.79 Å². The topological polar surface area (TPSA) is 52.6 Å². The zero-order valence-electron chi connectivity index (χ0n) is 9.10. The summed E-state index contributed by atoms with van der Waals surface area (Å²) in [7, 11) is 0. The van der Waals surface area contributed by atoms with Gasteiger partial charge < -0.3 is 15.3 Å². The molecule has 1 aliphatic heterocycles. The molecule has 1 atom stereocenters. The predicted molar refractivity (Wildman–Crippen MR) is 61.2 cm³/mol. The quantitative estimate of drug-likeness (QED) is 0.743. The lowest BCUT2D eigenvalue weighted by atomic mass is 10.1. The van der Waals surface area contributed by atoms with Gasteiger partial charge in [0.1, 0.15) is 0 Å². The molecule has 0 saturated carbocycles. The molecule has 2 N–H and O–H groups in total. The molecule has 4 heteroatoms. The van der Waals surface area contributed by atoms with Gasteiger partial charge in [0.15, 0.2) is 0 Å². The minimum atomic E-state index is 0.00131. The number of hydrogen-bond acceptors (Lipinski definition) is 3. The molecule has 0 bridgehead atoms. The van der Waals surface area contributed by atoms with E-state index < -0.39 is 0 Å². The largest absolute Gasteiger partial charge is 0.395 e. The van der Waals surface area contributed by atoms with Crippen LogP contribution in [0.2, 0.25) is 0 Å². The van der Waals surface area contributed by atoms with Gasteiger partial charge in [0.25, 0.3) is 5.91 Å². The van der Waals surface area contributed by atoms with Gasteiger partial charge in [-0.1, -0.05) is 18.2 Å². The first kappa shape index (κ1) is 11.1. The third-order valence-corrected chi connectivity index (χ3v) is 2.78. The van der Waals surface area contributed by atoms with Gasteiger partial charge in [-0.25, -0.2) is 0 Å². The van der Waals surface area contributed by atoms with Gasteiger partial charge in [0.2, 0.25) is 0 Å². The lowest BCUT2D eigenvalue weighted by Gasteiger charge is -2.32. The van der Waals surface area contributed by atoms with E-state index in [1.165, 1.54) is 0 Å². The van der Waals surface area contributed by atoms with Crippen molar-refractivity contribution in [2.24, 2.45) is 0 Å². The third-order valence-electron chi connectivity index (χ3n) is 2.78. The van der Waals surface area contributed by atoms with Crippen molar-refractivity contribution in [1.82, 2.24) is 10.2 Å². The van der Waals surface area contributed by atoms with Crippen molar-refractivity contribution >= 4 is 5.91 Å². The zero-order chi connectivity index (χ0) is 11.4. The van der Waals surface area contributed by atoms with Gasteiger partial charge in [-0.2, -0.15) is 0 Å². The number of aliphatic hydroxyl groups is 1. The number of amides is 1. The number of carbonyl (C=O) groups is 1. The van der Waals surface area contributed by atoms with Gasteiger partial charge >= 0.3 is 0 Å². The fourth-order valence-electron chi connectivity index (χ4n) is 1.90. The SMILES string of the molecule is O=C(c1ccccc1)N1CCNC(CO)C1. The smallest absolute Gasteiger partial charge is 0.253 e. The highest BCUT2D eigenvalue weighted by atomic mass is 16.3.